The maximum absolute atomic E-state index is 12.5. The Hall–Kier alpha value is -2.99. The van der Waals surface area contributed by atoms with Gasteiger partial charge in [0.05, 0.1) is 18.8 Å². The molecule has 3 aromatic rings. The normalized spacial score (nSPS) is 16.2. The molecule has 0 radical (unpaired) electrons. The highest BCUT2D eigenvalue weighted by Gasteiger charge is 2.27. The Bertz CT molecular complexity index is 929. The smallest absolute Gasteiger partial charge is 0.278 e. The molecule has 0 spiro atoms. The first-order valence-corrected chi connectivity index (χ1v) is 8.59. The number of anilines is 1. The molecule has 2 aromatic carbocycles. The van der Waals surface area contributed by atoms with Gasteiger partial charge < -0.3 is 10.1 Å². The van der Waals surface area contributed by atoms with Gasteiger partial charge in [-0.3, -0.25) is 4.79 Å². The summed E-state index contributed by atoms with van der Waals surface area (Å²) in [6.07, 6.45) is -0.0854. The third-order valence-corrected chi connectivity index (χ3v) is 4.57. The van der Waals surface area contributed by atoms with E-state index in [0.29, 0.717) is 24.5 Å². The number of benzene rings is 2. The van der Waals surface area contributed by atoms with Crippen LogP contribution in [0.2, 0.25) is 0 Å². The van der Waals surface area contributed by atoms with E-state index in [9.17, 15) is 4.79 Å². The first kappa shape index (κ1) is 16.5. The summed E-state index contributed by atoms with van der Waals surface area (Å²) < 4.78 is 7.73. The van der Waals surface area contributed by atoms with Crippen LogP contribution in [0.3, 0.4) is 0 Å². The number of hydrogen-bond acceptors (Lipinski definition) is 4. The number of rotatable bonds is 3. The molecule has 0 fully saturated rings. The predicted octanol–water partition coefficient (Wildman–Crippen LogP) is 3.42. The lowest BCUT2D eigenvalue weighted by Crippen LogP contribution is -2.24. The van der Waals surface area contributed by atoms with Gasteiger partial charge in [-0.2, -0.15) is 0 Å². The van der Waals surface area contributed by atoms with Crippen molar-refractivity contribution in [3.05, 3.63) is 76.6 Å². The number of amides is 1. The van der Waals surface area contributed by atoms with Crippen LogP contribution >= 0.6 is 0 Å². The van der Waals surface area contributed by atoms with E-state index < -0.39 is 0 Å². The molecule has 1 unspecified atom stereocenters. The largest absolute Gasteiger partial charge is 0.365 e. The van der Waals surface area contributed by atoms with Gasteiger partial charge in [0.15, 0.2) is 5.69 Å². The summed E-state index contributed by atoms with van der Waals surface area (Å²) in [5.41, 5.74) is 5.20. The molecular formula is C20H20N4O2. The van der Waals surface area contributed by atoms with Crippen molar-refractivity contribution in [2.75, 3.05) is 5.32 Å². The van der Waals surface area contributed by atoms with Gasteiger partial charge in [0.2, 0.25) is 0 Å². The van der Waals surface area contributed by atoms with Gasteiger partial charge in [0, 0.05) is 5.69 Å². The SMILES string of the molecule is Cc1ccc(NC(=O)c2nnn3c2COC(c2ccc(C)cc2)C3)cc1. The molecule has 1 atom stereocenters. The molecule has 1 aromatic heterocycles. The third kappa shape index (κ3) is 3.23. The van der Waals surface area contributed by atoms with E-state index in [2.05, 4.69) is 46.8 Å². The van der Waals surface area contributed by atoms with E-state index in [1.54, 1.807) is 4.68 Å². The first-order chi connectivity index (χ1) is 12.6. The minimum atomic E-state index is -0.271. The molecule has 0 saturated carbocycles. The van der Waals surface area contributed by atoms with E-state index >= 15 is 0 Å². The highest BCUT2D eigenvalue weighted by molar-refractivity contribution is 6.03. The molecule has 6 heteroatoms. The van der Waals surface area contributed by atoms with E-state index in [4.69, 9.17) is 4.74 Å². The van der Waals surface area contributed by atoms with Gasteiger partial charge in [0.25, 0.3) is 5.91 Å². The Morgan fingerprint density at radius 3 is 2.42 bits per heavy atom. The average Bonchev–Trinajstić information content (AvgIpc) is 3.07. The van der Waals surface area contributed by atoms with Crippen molar-refractivity contribution in [3.8, 4) is 0 Å². The van der Waals surface area contributed by atoms with Crippen LogP contribution in [0, 0.1) is 13.8 Å². The second-order valence-electron chi connectivity index (χ2n) is 6.60. The number of aryl methyl sites for hydroxylation is 2. The third-order valence-electron chi connectivity index (χ3n) is 4.57. The average molecular weight is 348 g/mol. The summed E-state index contributed by atoms with van der Waals surface area (Å²) in [7, 11) is 0. The fourth-order valence-corrected chi connectivity index (χ4v) is 3.00. The van der Waals surface area contributed by atoms with Crippen molar-refractivity contribution in [2.24, 2.45) is 0 Å². The lowest BCUT2D eigenvalue weighted by molar-refractivity contribution is -0.00171. The van der Waals surface area contributed by atoms with Crippen LogP contribution in [-0.2, 0) is 17.9 Å². The van der Waals surface area contributed by atoms with Crippen LogP contribution in [0.4, 0.5) is 5.69 Å². The van der Waals surface area contributed by atoms with Crippen LogP contribution in [0.1, 0.15) is 39.0 Å². The monoisotopic (exact) mass is 348 g/mol. The van der Waals surface area contributed by atoms with Crippen LogP contribution in [0.15, 0.2) is 48.5 Å². The molecule has 26 heavy (non-hydrogen) atoms. The summed E-state index contributed by atoms with van der Waals surface area (Å²) in [5.74, 6) is -0.271. The Balaban J connectivity index is 1.51. The fourth-order valence-electron chi connectivity index (χ4n) is 3.00. The molecule has 132 valence electrons. The number of carbonyl (C=O) groups is 1. The fraction of sp³-hybridized carbons (Fsp3) is 0.250. The molecule has 0 bridgehead atoms. The van der Waals surface area contributed by atoms with Crippen molar-refractivity contribution in [1.29, 1.82) is 0 Å². The number of carbonyl (C=O) groups excluding carboxylic acids is 1. The number of hydrogen-bond donors (Lipinski definition) is 1. The van der Waals surface area contributed by atoms with Gasteiger partial charge in [-0.05, 0) is 31.5 Å². The predicted molar refractivity (Wildman–Crippen MR) is 97.9 cm³/mol. The zero-order valence-corrected chi connectivity index (χ0v) is 14.8. The summed E-state index contributed by atoms with van der Waals surface area (Å²) in [5, 5.41) is 11.1. The molecule has 1 amide bonds. The number of nitrogens with one attached hydrogen (secondary N) is 1. The highest BCUT2D eigenvalue weighted by Crippen LogP contribution is 2.27. The lowest BCUT2D eigenvalue weighted by Gasteiger charge is -2.24. The maximum Gasteiger partial charge on any atom is 0.278 e. The zero-order valence-electron chi connectivity index (χ0n) is 14.8. The molecule has 2 heterocycles. The van der Waals surface area contributed by atoms with Crippen LogP contribution in [0.25, 0.3) is 0 Å². The summed E-state index contributed by atoms with van der Waals surface area (Å²) >= 11 is 0. The van der Waals surface area contributed by atoms with Crippen LogP contribution < -0.4 is 5.32 Å². The second-order valence-corrected chi connectivity index (χ2v) is 6.60. The first-order valence-electron chi connectivity index (χ1n) is 8.59. The Labute approximate surface area is 151 Å². The van der Waals surface area contributed by atoms with Crippen molar-refractivity contribution >= 4 is 11.6 Å². The Kier molecular flexibility index (Phi) is 4.26. The lowest BCUT2D eigenvalue weighted by atomic mass is 10.1. The molecular weight excluding hydrogens is 328 g/mol. The number of aromatic nitrogens is 3. The van der Waals surface area contributed by atoms with E-state index in [1.807, 2.05) is 31.2 Å². The second kappa shape index (κ2) is 6.72. The van der Waals surface area contributed by atoms with E-state index in [0.717, 1.165) is 16.8 Å². The number of ether oxygens (including phenoxy) is 1. The zero-order chi connectivity index (χ0) is 18.1. The van der Waals surface area contributed by atoms with Gasteiger partial charge in [-0.15, -0.1) is 5.10 Å². The molecule has 1 N–H and O–H groups in total. The van der Waals surface area contributed by atoms with E-state index in [1.165, 1.54) is 5.56 Å². The summed E-state index contributed by atoms with van der Waals surface area (Å²) in [6.45, 7) is 4.91. The highest BCUT2D eigenvalue weighted by atomic mass is 16.5. The van der Waals surface area contributed by atoms with Gasteiger partial charge in [0.1, 0.15) is 6.10 Å². The summed E-state index contributed by atoms with van der Waals surface area (Å²) in [6, 6.07) is 15.9. The topological polar surface area (TPSA) is 69.0 Å². The quantitative estimate of drug-likeness (QED) is 0.787. The van der Waals surface area contributed by atoms with Crippen molar-refractivity contribution in [3.63, 3.8) is 0 Å². The van der Waals surface area contributed by atoms with Crippen molar-refractivity contribution in [2.45, 2.75) is 33.1 Å². The molecule has 0 saturated heterocycles. The van der Waals surface area contributed by atoms with E-state index in [-0.39, 0.29) is 12.0 Å². The minimum absolute atomic E-state index is 0.0854. The number of nitrogens with zero attached hydrogens (tertiary/aromatic N) is 3. The van der Waals surface area contributed by atoms with Gasteiger partial charge in [-0.1, -0.05) is 52.7 Å². The molecule has 4 rings (SSSR count). The van der Waals surface area contributed by atoms with Crippen LogP contribution in [-0.4, -0.2) is 20.9 Å². The molecule has 6 nitrogen and oxygen atoms in total. The Morgan fingerprint density at radius 2 is 1.73 bits per heavy atom. The summed E-state index contributed by atoms with van der Waals surface area (Å²) in [4.78, 5) is 12.5. The molecule has 0 aliphatic carbocycles. The van der Waals surface area contributed by atoms with Gasteiger partial charge >= 0.3 is 0 Å². The standard InChI is InChI=1S/C20H20N4O2/c1-13-3-7-15(8-4-13)18-11-24-17(12-26-18)19(22-23-24)20(25)21-16-9-5-14(2)6-10-16/h3-10,18H,11-12H2,1-2H3,(H,21,25). The van der Waals surface area contributed by atoms with Crippen LogP contribution in [0.5, 0.6) is 0 Å². The molecule has 1 aliphatic heterocycles. The van der Waals surface area contributed by atoms with Crippen molar-refractivity contribution in [1.82, 2.24) is 15.0 Å². The Morgan fingerprint density at radius 1 is 1.08 bits per heavy atom. The minimum Gasteiger partial charge on any atom is -0.365 e. The van der Waals surface area contributed by atoms with Gasteiger partial charge in [-0.25, -0.2) is 4.68 Å². The van der Waals surface area contributed by atoms with Crippen molar-refractivity contribution < 1.29 is 9.53 Å². The molecule has 1 aliphatic rings. The number of fused-ring (bicyclic) bond motifs is 1. The maximum atomic E-state index is 12.5.